The van der Waals surface area contributed by atoms with Crippen LogP contribution < -0.4 is 5.32 Å². The Kier molecular flexibility index (Phi) is 6.75. The first kappa shape index (κ1) is 19.9. The summed E-state index contributed by atoms with van der Waals surface area (Å²) in [4.78, 5) is 12.2. The van der Waals surface area contributed by atoms with Crippen LogP contribution >= 0.6 is 11.6 Å². The van der Waals surface area contributed by atoms with Crippen LogP contribution in [0, 0.1) is 11.3 Å². The van der Waals surface area contributed by atoms with Gasteiger partial charge < -0.3 is 5.32 Å². The maximum atomic E-state index is 12.2. The van der Waals surface area contributed by atoms with Crippen LogP contribution in [0.2, 0.25) is 5.02 Å². The molecule has 0 bridgehead atoms. The summed E-state index contributed by atoms with van der Waals surface area (Å²) >= 11 is 5.83. The van der Waals surface area contributed by atoms with Crippen molar-refractivity contribution in [2.24, 2.45) is 0 Å². The Hall–Kier alpha value is -2.40. The molecule has 0 spiro atoms. The van der Waals surface area contributed by atoms with Crippen molar-refractivity contribution < 1.29 is 13.2 Å². The number of benzene rings is 2. The molecule has 8 heteroatoms. The molecule has 0 unspecified atom stereocenters. The molecular weight excluding hydrogens is 374 g/mol. The van der Waals surface area contributed by atoms with E-state index in [9.17, 15) is 13.2 Å². The molecule has 2 aromatic carbocycles. The fraction of sp³-hybridized carbons (Fsp3) is 0.222. The molecule has 0 aliphatic heterocycles. The number of sulfonamides is 1. The molecule has 0 radical (unpaired) electrons. The molecule has 2 rings (SSSR count). The van der Waals surface area contributed by atoms with Gasteiger partial charge in [0.05, 0.1) is 25.3 Å². The van der Waals surface area contributed by atoms with Gasteiger partial charge in [0.2, 0.25) is 15.9 Å². The van der Waals surface area contributed by atoms with Crippen LogP contribution in [0.1, 0.15) is 11.1 Å². The van der Waals surface area contributed by atoms with E-state index in [0.29, 0.717) is 10.7 Å². The molecule has 0 atom stereocenters. The Bertz CT molecular complexity index is 904. The number of halogens is 1. The zero-order valence-corrected chi connectivity index (χ0v) is 15.7. The molecule has 136 valence electrons. The lowest BCUT2D eigenvalue weighted by Gasteiger charge is -2.19. The average molecular weight is 392 g/mol. The van der Waals surface area contributed by atoms with Crippen molar-refractivity contribution in [1.82, 2.24) is 4.31 Å². The first-order valence-corrected chi connectivity index (χ1v) is 9.96. The number of carbonyl (C=O) groups excluding carboxylic acids is 1. The molecule has 0 aliphatic carbocycles. The highest BCUT2D eigenvalue weighted by Crippen LogP contribution is 2.14. The smallest absolute Gasteiger partial charge is 0.239 e. The average Bonchev–Trinajstić information content (AvgIpc) is 2.57. The standard InChI is InChI=1S/C18H18ClN3O3S/c1-26(24,25)22(12-15-2-6-16(19)7-3-15)13-18(23)21-17-8-4-14(5-9-17)10-11-20/h2-9H,10,12-13H2,1H3,(H,21,23). The zero-order chi connectivity index (χ0) is 19.2. The van der Waals surface area contributed by atoms with E-state index >= 15 is 0 Å². The Morgan fingerprint density at radius 2 is 1.69 bits per heavy atom. The minimum atomic E-state index is -3.57. The van der Waals surface area contributed by atoms with Crippen molar-refractivity contribution in [3.8, 4) is 6.07 Å². The maximum Gasteiger partial charge on any atom is 0.239 e. The Labute approximate surface area is 158 Å². The number of amides is 1. The summed E-state index contributed by atoms with van der Waals surface area (Å²) < 4.78 is 25.1. The second kappa shape index (κ2) is 8.81. The van der Waals surface area contributed by atoms with Crippen LogP contribution in [0.4, 0.5) is 5.69 Å². The second-order valence-corrected chi connectivity index (χ2v) is 8.16. The fourth-order valence-electron chi connectivity index (χ4n) is 2.24. The molecule has 0 heterocycles. The number of nitrogens with zero attached hydrogens (tertiary/aromatic N) is 2. The number of carbonyl (C=O) groups is 1. The van der Waals surface area contributed by atoms with Gasteiger partial charge in [-0.1, -0.05) is 35.9 Å². The maximum absolute atomic E-state index is 12.2. The van der Waals surface area contributed by atoms with Crippen LogP contribution in [0.15, 0.2) is 48.5 Å². The Morgan fingerprint density at radius 3 is 2.23 bits per heavy atom. The molecule has 2 aromatic rings. The van der Waals surface area contributed by atoms with Gasteiger partial charge >= 0.3 is 0 Å². The fourth-order valence-corrected chi connectivity index (χ4v) is 3.10. The predicted octanol–water partition coefficient (Wildman–Crippen LogP) is 2.81. The van der Waals surface area contributed by atoms with E-state index < -0.39 is 15.9 Å². The lowest BCUT2D eigenvalue weighted by atomic mass is 10.1. The second-order valence-electron chi connectivity index (χ2n) is 5.74. The quantitative estimate of drug-likeness (QED) is 0.785. The van der Waals surface area contributed by atoms with Gasteiger partial charge in [-0.2, -0.15) is 9.57 Å². The van der Waals surface area contributed by atoms with Crippen molar-refractivity contribution in [3.05, 3.63) is 64.7 Å². The van der Waals surface area contributed by atoms with Gasteiger partial charge in [0.1, 0.15) is 0 Å². The lowest BCUT2D eigenvalue weighted by Crippen LogP contribution is -2.36. The van der Waals surface area contributed by atoms with Crippen molar-refractivity contribution in [2.75, 3.05) is 18.1 Å². The normalized spacial score (nSPS) is 11.2. The summed E-state index contributed by atoms with van der Waals surface area (Å²) in [5.41, 5.74) is 2.11. The minimum absolute atomic E-state index is 0.0739. The highest BCUT2D eigenvalue weighted by molar-refractivity contribution is 7.88. The number of hydrogen-bond donors (Lipinski definition) is 1. The van der Waals surface area contributed by atoms with E-state index in [0.717, 1.165) is 21.7 Å². The van der Waals surface area contributed by atoms with Gasteiger partial charge in [-0.05, 0) is 35.4 Å². The molecular formula is C18H18ClN3O3S. The number of nitrogens with one attached hydrogen (secondary N) is 1. The molecule has 0 saturated carbocycles. The van der Waals surface area contributed by atoms with E-state index in [1.54, 1.807) is 48.5 Å². The highest BCUT2D eigenvalue weighted by Gasteiger charge is 2.20. The van der Waals surface area contributed by atoms with Gasteiger partial charge in [-0.25, -0.2) is 8.42 Å². The van der Waals surface area contributed by atoms with E-state index in [4.69, 9.17) is 16.9 Å². The van der Waals surface area contributed by atoms with Gasteiger partial charge in [0.25, 0.3) is 0 Å². The third kappa shape index (κ3) is 6.15. The van der Waals surface area contributed by atoms with Crippen molar-refractivity contribution in [2.45, 2.75) is 13.0 Å². The molecule has 0 aromatic heterocycles. The molecule has 0 saturated heterocycles. The van der Waals surface area contributed by atoms with Crippen LogP contribution in [-0.2, 0) is 27.8 Å². The Morgan fingerprint density at radius 1 is 1.12 bits per heavy atom. The number of anilines is 1. The molecule has 0 fully saturated rings. The topological polar surface area (TPSA) is 90.3 Å². The first-order valence-electron chi connectivity index (χ1n) is 7.73. The van der Waals surface area contributed by atoms with Gasteiger partial charge in [0.15, 0.2) is 0 Å². The summed E-state index contributed by atoms with van der Waals surface area (Å²) in [6.07, 6.45) is 1.35. The number of hydrogen-bond acceptors (Lipinski definition) is 4. The zero-order valence-electron chi connectivity index (χ0n) is 14.1. The SMILES string of the molecule is CS(=O)(=O)N(CC(=O)Nc1ccc(CC#N)cc1)Cc1ccc(Cl)cc1. The largest absolute Gasteiger partial charge is 0.325 e. The van der Waals surface area contributed by atoms with E-state index in [2.05, 4.69) is 5.32 Å². The summed E-state index contributed by atoms with van der Waals surface area (Å²) in [5, 5.41) is 11.9. The molecule has 1 N–H and O–H groups in total. The van der Waals surface area contributed by atoms with Gasteiger partial charge in [-0.3, -0.25) is 4.79 Å². The van der Waals surface area contributed by atoms with Crippen molar-refractivity contribution in [3.63, 3.8) is 0 Å². The molecule has 1 amide bonds. The van der Waals surface area contributed by atoms with Crippen LogP contribution in [0.5, 0.6) is 0 Å². The molecule has 6 nitrogen and oxygen atoms in total. The predicted molar refractivity (Wildman–Crippen MR) is 101 cm³/mol. The van der Waals surface area contributed by atoms with E-state index in [1.165, 1.54) is 0 Å². The lowest BCUT2D eigenvalue weighted by molar-refractivity contribution is -0.116. The summed E-state index contributed by atoms with van der Waals surface area (Å²) in [7, 11) is -3.57. The number of rotatable bonds is 7. The molecule has 26 heavy (non-hydrogen) atoms. The van der Waals surface area contributed by atoms with Crippen LogP contribution in [-0.4, -0.2) is 31.4 Å². The van der Waals surface area contributed by atoms with Crippen molar-refractivity contribution in [1.29, 1.82) is 5.26 Å². The molecule has 0 aliphatic rings. The summed E-state index contributed by atoms with van der Waals surface area (Å²) in [6, 6.07) is 15.6. The van der Waals surface area contributed by atoms with E-state index in [1.807, 2.05) is 6.07 Å². The monoisotopic (exact) mass is 391 g/mol. The third-order valence-electron chi connectivity index (χ3n) is 3.58. The number of nitriles is 1. The van der Waals surface area contributed by atoms with Gasteiger partial charge in [0, 0.05) is 17.3 Å². The summed E-state index contributed by atoms with van der Waals surface area (Å²) in [6.45, 7) is -0.230. The van der Waals surface area contributed by atoms with Crippen LogP contribution in [0.25, 0.3) is 0 Å². The van der Waals surface area contributed by atoms with E-state index in [-0.39, 0.29) is 19.5 Å². The highest BCUT2D eigenvalue weighted by atomic mass is 35.5. The third-order valence-corrected chi connectivity index (χ3v) is 5.03. The van der Waals surface area contributed by atoms with Gasteiger partial charge in [-0.15, -0.1) is 0 Å². The summed E-state index contributed by atoms with van der Waals surface area (Å²) in [5.74, 6) is -0.447. The minimum Gasteiger partial charge on any atom is -0.325 e. The first-order chi connectivity index (χ1) is 12.3. The Balaban J connectivity index is 2.04. The van der Waals surface area contributed by atoms with Crippen LogP contribution in [0.3, 0.4) is 0 Å². The van der Waals surface area contributed by atoms with Crippen molar-refractivity contribution >= 4 is 33.2 Å².